The molecule has 3 nitrogen and oxygen atoms in total. The van der Waals surface area contributed by atoms with Gasteiger partial charge in [0, 0.05) is 11.1 Å². The zero-order valence-corrected chi connectivity index (χ0v) is 10.9. The summed E-state index contributed by atoms with van der Waals surface area (Å²) < 4.78 is 43.7. The van der Waals surface area contributed by atoms with E-state index in [0.717, 1.165) is 6.07 Å². The molecule has 0 aliphatic heterocycles. The molecule has 1 heterocycles. The van der Waals surface area contributed by atoms with Gasteiger partial charge in [-0.05, 0) is 30.7 Å². The van der Waals surface area contributed by atoms with E-state index in [2.05, 4.69) is 9.72 Å². The minimum atomic E-state index is -4.50. The van der Waals surface area contributed by atoms with Crippen molar-refractivity contribution in [2.45, 2.75) is 19.5 Å². The van der Waals surface area contributed by atoms with Crippen molar-refractivity contribution in [1.29, 1.82) is 0 Å². The van der Waals surface area contributed by atoms with Gasteiger partial charge in [-0.1, -0.05) is 6.07 Å². The van der Waals surface area contributed by atoms with E-state index >= 15 is 0 Å². The zero-order chi connectivity index (χ0) is 14.9. The first-order valence-corrected chi connectivity index (χ1v) is 5.86. The fourth-order valence-electron chi connectivity index (χ4n) is 2.12. The summed E-state index contributed by atoms with van der Waals surface area (Å²) in [6, 6.07) is 5.27. The molecule has 0 aliphatic carbocycles. The van der Waals surface area contributed by atoms with Crippen LogP contribution in [0.2, 0.25) is 0 Å². The van der Waals surface area contributed by atoms with Gasteiger partial charge in [0.25, 0.3) is 0 Å². The molecule has 0 aliphatic rings. The van der Waals surface area contributed by atoms with Crippen molar-refractivity contribution in [3.05, 3.63) is 41.1 Å². The molecule has 0 bridgehead atoms. The molecule has 6 heteroatoms. The standard InChI is InChI=1S/C14H12F3NO2/c1-8-6-9(7-12(19)20-2)13-10(14(15,16)17)4-3-5-11(13)18-8/h3-6H,7H2,1-2H3. The van der Waals surface area contributed by atoms with Crippen molar-refractivity contribution in [3.63, 3.8) is 0 Å². The lowest BCUT2D eigenvalue weighted by molar-refractivity contribution is -0.140. The molecule has 0 spiro atoms. The Morgan fingerprint density at radius 1 is 1.35 bits per heavy atom. The first-order valence-electron chi connectivity index (χ1n) is 5.86. The summed E-state index contributed by atoms with van der Waals surface area (Å²) in [4.78, 5) is 15.5. The van der Waals surface area contributed by atoms with Gasteiger partial charge in [-0.3, -0.25) is 9.78 Å². The average molecular weight is 283 g/mol. The molecule has 1 aromatic carbocycles. The van der Waals surface area contributed by atoms with Crippen molar-refractivity contribution >= 4 is 16.9 Å². The molecule has 0 N–H and O–H groups in total. The Labute approximate surface area is 113 Å². The third kappa shape index (κ3) is 2.74. The van der Waals surface area contributed by atoms with Crippen LogP contribution in [0.15, 0.2) is 24.3 Å². The molecule has 1 aromatic heterocycles. The van der Waals surface area contributed by atoms with Crippen LogP contribution in [0.4, 0.5) is 13.2 Å². The molecule has 0 atom stereocenters. The molecule has 0 radical (unpaired) electrons. The lowest BCUT2D eigenvalue weighted by Crippen LogP contribution is -2.11. The number of fused-ring (bicyclic) bond motifs is 1. The minimum Gasteiger partial charge on any atom is -0.469 e. The van der Waals surface area contributed by atoms with Gasteiger partial charge >= 0.3 is 12.1 Å². The van der Waals surface area contributed by atoms with Crippen molar-refractivity contribution in [2.24, 2.45) is 0 Å². The van der Waals surface area contributed by atoms with Crippen LogP contribution in [0, 0.1) is 6.92 Å². The number of aryl methyl sites for hydroxylation is 1. The number of alkyl halides is 3. The Morgan fingerprint density at radius 2 is 2.05 bits per heavy atom. The van der Waals surface area contributed by atoms with Gasteiger partial charge < -0.3 is 4.74 Å². The van der Waals surface area contributed by atoms with Crippen molar-refractivity contribution < 1.29 is 22.7 Å². The number of aromatic nitrogens is 1. The average Bonchev–Trinajstić information content (AvgIpc) is 2.36. The van der Waals surface area contributed by atoms with Crippen LogP contribution in [-0.2, 0) is 22.1 Å². The van der Waals surface area contributed by atoms with Crippen molar-refractivity contribution in [3.8, 4) is 0 Å². The van der Waals surface area contributed by atoms with Gasteiger partial charge in [0.15, 0.2) is 0 Å². The second kappa shape index (κ2) is 5.11. The SMILES string of the molecule is COC(=O)Cc1cc(C)nc2cccc(C(F)(F)F)c12. The number of esters is 1. The maximum absolute atomic E-state index is 13.1. The number of rotatable bonds is 2. The minimum absolute atomic E-state index is 0.0454. The summed E-state index contributed by atoms with van der Waals surface area (Å²) in [5, 5.41) is -0.0454. The van der Waals surface area contributed by atoms with E-state index in [4.69, 9.17) is 0 Å². The van der Waals surface area contributed by atoms with Gasteiger partial charge in [-0.2, -0.15) is 13.2 Å². The second-order valence-electron chi connectivity index (χ2n) is 4.37. The largest absolute Gasteiger partial charge is 0.469 e. The molecule has 106 valence electrons. The zero-order valence-electron chi connectivity index (χ0n) is 10.9. The van der Waals surface area contributed by atoms with Gasteiger partial charge in [0.2, 0.25) is 0 Å². The number of benzene rings is 1. The first kappa shape index (κ1) is 14.3. The highest BCUT2D eigenvalue weighted by Gasteiger charge is 2.33. The topological polar surface area (TPSA) is 39.2 Å². The summed E-state index contributed by atoms with van der Waals surface area (Å²) in [6.45, 7) is 1.67. The Kier molecular flexibility index (Phi) is 3.65. The van der Waals surface area contributed by atoms with E-state index in [-0.39, 0.29) is 22.9 Å². The summed E-state index contributed by atoms with van der Waals surface area (Å²) in [6.07, 6.45) is -4.72. The number of halogens is 3. The molecule has 2 rings (SSSR count). The lowest BCUT2D eigenvalue weighted by atomic mass is 9.99. The van der Waals surface area contributed by atoms with E-state index in [9.17, 15) is 18.0 Å². The normalized spacial score (nSPS) is 11.7. The van der Waals surface area contributed by atoms with Crippen LogP contribution >= 0.6 is 0 Å². The van der Waals surface area contributed by atoms with Gasteiger partial charge in [-0.15, -0.1) is 0 Å². The molecule has 0 fully saturated rings. The van der Waals surface area contributed by atoms with E-state index < -0.39 is 17.7 Å². The maximum atomic E-state index is 13.1. The number of carbonyl (C=O) groups is 1. The Hall–Kier alpha value is -2.11. The van der Waals surface area contributed by atoms with Crippen LogP contribution in [0.1, 0.15) is 16.8 Å². The van der Waals surface area contributed by atoms with Crippen molar-refractivity contribution in [2.75, 3.05) is 7.11 Å². The molecule has 20 heavy (non-hydrogen) atoms. The van der Waals surface area contributed by atoms with Crippen LogP contribution in [0.25, 0.3) is 10.9 Å². The van der Waals surface area contributed by atoms with Crippen molar-refractivity contribution in [1.82, 2.24) is 4.98 Å². The number of carbonyl (C=O) groups excluding carboxylic acids is 1. The molecule has 0 amide bonds. The molecular formula is C14H12F3NO2. The van der Waals surface area contributed by atoms with Gasteiger partial charge in [-0.25, -0.2) is 0 Å². The fraction of sp³-hybridized carbons (Fsp3) is 0.286. The number of pyridine rings is 1. The van der Waals surface area contributed by atoms with E-state index in [1.54, 1.807) is 6.92 Å². The summed E-state index contributed by atoms with van der Waals surface area (Å²) in [5.74, 6) is -0.589. The summed E-state index contributed by atoms with van der Waals surface area (Å²) in [7, 11) is 1.20. The second-order valence-corrected chi connectivity index (χ2v) is 4.37. The Balaban J connectivity index is 2.74. The van der Waals surface area contributed by atoms with Crippen LogP contribution in [0.5, 0.6) is 0 Å². The molecule has 0 unspecified atom stereocenters. The Bertz CT molecular complexity index is 665. The highest BCUT2D eigenvalue weighted by molar-refractivity contribution is 5.89. The van der Waals surface area contributed by atoms with E-state index in [1.165, 1.54) is 25.3 Å². The predicted molar refractivity (Wildman–Crippen MR) is 67.2 cm³/mol. The van der Waals surface area contributed by atoms with Crippen LogP contribution < -0.4 is 0 Å². The highest BCUT2D eigenvalue weighted by atomic mass is 19.4. The summed E-state index contributed by atoms with van der Waals surface area (Å²) >= 11 is 0. The fourth-order valence-corrected chi connectivity index (χ4v) is 2.12. The third-order valence-electron chi connectivity index (χ3n) is 2.91. The number of hydrogen-bond acceptors (Lipinski definition) is 3. The van der Waals surface area contributed by atoms with Gasteiger partial charge in [0.05, 0.1) is 24.6 Å². The lowest BCUT2D eigenvalue weighted by Gasteiger charge is -2.14. The molecule has 0 saturated carbocycles. The Morgan fingerprint density at radius 3 is 2.65 bits per heavy atom. The highest BCUT2D eigenvalue weighted by Crippen LogP contribution is 2.36. The molecule has 0 saturated heterocycles. The molecular weight excluding hydrogens is 271 g/mol. The monoisotopic (exact) mass is 283 g/mol. The van der Waals surface area contributed by atoms with Crippen LogP contribution in [-0.4, -0.2) is 18.1 Å². The first-order chi connectivity index (χ1) is 9.32. The van der Waals surface area contributed by atoms with Gasteiger partial charge in [0.1, 0.15) is 0 Å². The predicted octanol–water partition coefficient (Wildman–Crippen LogP) is 3.28. The van der Waals surface area contributed by atoms with E-state index in [0.29, 0.717) is 5.69 Å². The quantitative estimate of drug-likeness (QED) is 0.794. The number of ether oxygens (including phenoxy) is 1. The number of nitrogens with zero attached hydrogens (tertiary/aromatic N) is 1. The number of methoxy groups -OCH3 is 1. The third-order valence-corrected chi connectivity index (χ3v) is 2.91. The van der Waals surface area contributed by atoms with Crippen LogP contribution in [0.3, 0.4) is 0 Å². The smallest absolute Gasteiger partial charge is 0.417 e. The number of hydrogen-bond donors (Lipinski definition) is 0. The van der Waals surface area contributed by atoms with E-state index in [1.807, 2.05) is 0 Å². The maximum Gasteiger partial charge on any atom is 0.417 e. The summed E-state index contributed by atoms with van der Waals surface area (Å²) in [5.41, 5.74) is 0.253. The molecule has 2 aromatic rings.